The number of pyridine rings is 1. The van der Waals surface area contributed by atoms with Crippen molar-refractivity contribution < 1.29 is 0 Å². The number of aryl methyl sites for hydroxylation is 1. The summed E-state index contributed by atoms with van der Waals surface area (Å²) in [5.74, 6) is 1.24. The Labute approximate surface area is 113 Å². The van der Waals surface area contributed by atoms with Gasteiger partial charge in [-0.2, -0.15) is 5.10 Å². The first-order valence-electron chi connectivity index (χ1n) is 6.58. The summed E-state index contributed by atoms with van der Waals surface area (Å²) in [7, 11) is 0. The number of aromatic nitrogens is 3. The van der Waals surface area contributed by atoms with Crippen molar-refractivity contribution in [3.63, 3.8) is 0 Å². The monoisotopic (exact) mass is 254 g/mol. The Morgan fingerprint density at radius 3 is 2.74 bits per heavy atom. The number of nitrogens with two attached hydrogens (primary N) is 1. The first kappa shape index (κ1) is 12.1. The van der Waals surface area contributed by atoms with Crippen LogP contribution in [0.1, 0.15) is 29.3 Å². The van der Waals surface area contributed by atoms with Crippen molar-refractivity contribution in [3.05, 3.63) is 53.5 Å². The summed E-state index contributed by atoms with van der Waals surface area (Å²) >= 11 is 0. The van der Waals surface area contributed by atoms with E-state index in [-0.39, 0.29) is 6.04 Å². The fourth-order valence-corrected chi connectivity index (χ4v) is 2.83. The predicted octanol–water partition coefficient (Wildman–Crippen LogP) is 2.25. The molecule has 0 spiro atoms. The molecule has 0 aliphatic heterocycles. The normalized spacial score (nSPS) is 22.1. The molecule has 0 unspecified atom stereocenters. The third kappa shape index (κ3) is 2.08. The van der Waals surface area contributed by atoms with Crippen LogP contribution in [0.15, 0.2) is 36.5 Å². The molecule has 0 radical (unpaired) electrons. The van der Waals surface area contributed by atoms with Crippen LogP contribution in [-0.4, -0.2) is 20.8 Å². The summed E-state index contributed by atoms with van der Waals surface area (Å²) in [6.07, 6.45) is 7.04. The van der Waals surface area contributed by atoms with Gasteiger partial charge in [-0.15, -0.1) is 0 Å². The highest BCUT2D eigenvalue weighted by Gasteiger charge is 2.24. The summed E-state index contributed by atoms with van der Waals surface area (Å²) < 4.78 is 1.92. The van der Waals surface area contributed by atoms with Gasteiger partial charge in [-0.1, -0.05) is 18.2 Å². The standard InChI is InChI=1S/C15H18N4/c1-10-15(12-6-7-13(16)9-12)11(2)19(18-10)14-5-3-4-8-17-14/h3-8,12-13H,9,16H2,1-2H3/t12-,13-/m1/s1. The van der Waals surface area contributed by atoms with E-state index in [9.17, 15) is 0 Å². The van der Waals surface area contributed by atoms with Crippen molar-refractivity contribution in [3.8, 4) is 5.82 Å². The molecular weight excluding hydrogens is 236 g/mol. The molecule has 1 aliphatic carbocycles. The van der Waals surface area contributed by atoms with E-state index < -0.39 is 0 Å². The number of allylic oxidation sites excluding steroid dienone is 1. The lowest BCUT2D eigenvalue weighted by Crippen LogP contribution is -2.14. The molecule has 3 rings (SSSR count). The van der Waals surface area contributed by atoms with Gasteiger partial charge in [0.2, 0.25) is 0 Å². The smallest absolute Gasteiger partial charge is 0.153 e. The van der Waals surface area contributed by atoms with Gasteiger partial charge in [0.25, 0.3) is 0 Å². The van der Waals surface area contributed by atoms with Gasteiger partial charge < -0.3 is 5.73 Å². The lowest BCUT2D eigenvalue weighted by atomic mass is 9.96. The van der Waals surface area contributed by atoms with E-state index in [0.29, 0.717) is 5.92 Å². The second kappa shape index (κ2) is 4.63. The second-order valence-corrected chi connectivity index (χ2v) is 5.08. The van der Waals surface area contributed by atoms with Crippen LogP contribution in [0.2, 0.25) is 0 Å². The summed E-state index contributed by atoms with van der Waals surface area (Å²) in [6, 6.07) is 6.03. The molecular formula is C15H18N4. The van der Waals surface area contributed by atoms with E-state index in [0.717, 1.165) is 23.6 Å². The van der Waals surface area contributed by atoms with Gasteiger partial charge in [0, 0.05) is 29.4 Å². The van der Waals surface area contributed by atoms with Crippen LogP contribution in [-0.2, 0) is 0 Å². The maximum Gasteiger partial charge on any atom is 0.153 e. The minimum Gasteiger partial charge on any atom is -0.324 e. The van der Waals surface area contributed by atoms with Gasteiger partial charge in [0.1, 0.15) is 0 Å². The molecule has 0 aromatic carbocycles. The predicted molar refractivity (Wildman–Crippen MR) is 75.3 cm³/mol. The van der Waals surface area contributed by atoms with E-state index in [1.165, 1.54) is 5.56 Å². The van der Waals surface area contributed by atoms with Gasteiger partial charge in [0.15, 0.2) is 5.82 Å². The Balaban J connectivity index is 2.04. The van der Waals surface area contributed by atoms with Crippen LogP contribution in [0, 0.1) is 13.8 Å². The zero-order valence-electron chi connectivity index (χ0n) is 11.2. The van der Waals surface area contributed by atoms with Gasteiger partial charge in [-0.3, -0.25) is 0 Å². The van der Waals surface area contributed by atoms with E-state index in [2.05, 4.69) is 36.1 Å². The molecule has 19 heavy (non-hydrogen) atoms. The maximum atomic E-state index is 5.95. The van der Waals surface area contributed by atoms with Crippen molar-refractivity contribution in [2.45, 2.75) is 32.2 Å². The summed E-state index contributed by atoms with van der Waals surface area (Å²) in [4.78, 5) is 4.36. The van der Waals surface area contributed by atoms with Crippen molar-refractivity contribution in [1.82, 2.24) is 14.8 Å². The zero-order valence-corrected chi connectivity index (χ0v) is 11.2. The average molecular weight is 254 g/mol. The molecule has 2 heterocycles. The molecule has 2 aromatic heterocycles. The molecule has 0 saturated heterocycles. The van der Waals surface area contributed by atoms with Crippen molar-refractivity contribution in [2.75, 3.05) is 0 Å². The third-order valence-corrected chi connectivity index (χ3v) is 3.70. The van der Waals surface area contributed by atoms with Crippen LogP contribution >= 0.6 is 0 Å². The number of nitrogens with zero attached hydrogens (tertiary/aromatic N) is 3. The third-order valence-electron chi connectivity index (χ3n) is 3.70. The zero-order chi connectivity index (χ0) is 13.4. The van der Waals surface area contributed by atoms with Gasteiger partial charge in [-0.25, -0.2) is 9.67 Å². The molecule has 0 fully saturated rings. The van der Waals surface area contributed by atoms with E-state index >= 15 is 0 Å². The minimum absolute atomic E-state index is 0.169. The molecule has 98 valence electrons. The Hall–Kier alpha value is -1.94. The van der Waals surface area contributed by atoms with Gasteiger partial charge in [0.05, 0.1) is 5.69 Å². The van der Waals surface area contributed by atoms with Crippen molar-refractivity contribution in [2.24, 2.45) is 5.73 Å². The highest BCUT2D eigenvalue weighted by atomic mass is 15.3. The summed E-state index contributed by atoms with van der Waals surface area (Å²) in [6.45, 7) is 4.15. The van der Waals surface area contributed by atoms with E-state index in [1.54, 1.807) is 6.20 Å². The van der Waals surface area contributed by atoms with E-state index in [1.807, 2.05) is 22.9 Å². The van der Waals surface area contributed by atoms with Crippen LogP contribution in [0.4, 0.5) is 0 Å². The van der Waals surface area contributed by atoms with Crippen LogP contribution < -0.4 is 5.73 Å². The molecule has 0 saturated carbocycles. The molecule has 0 amide bonds. The molecule has 4 heteroatoms. The highest BCUT2D eigenvalue weighted by Crippen LogP contribution is 2.32. The molecule has 0 bridgehead atoms. The van der Waals surface area contributed by atoms with Crippen LogP contribution in [0.25, 0.3) is 5.82 Å². The average Bonchev–Trinajstić information content (AvgIpc) is 2.95. The quantitative estimate of drug-likeness (QED) is 0.836. The SMILES string of the molecule is Cc1nn(-c2ccccn2)c(C)c1[C@@H]1C=C[C@@H](N)C1. The lowest BCUT2D eigenvalue weighted by molar-refractivity contribution is 0.703. The number of rotatable bonds is 2. The second-order valence-electron chi connectivity index (χ2n) is 5.08. The Morgan fingerprint density at radius 1 is 1.26 bits per heavy atom. The highest BCUT2D eigenvalue weighted by molar-refractivity contribution is 5.38. The minimum atomic E-state index is 0.169. The summed E-state index contributed by atoms with van der Waals surface area (Å²) in [5.41, 5.74) is 9.46. The molecule has 2 atom stereocenters. The molecule has 2 N–H and O–H groups in total. The van der Waals surface area contributed by atoms with Crippen LogP contribution in [0.3, 0.4) is 0 Å². The molecule has 2 aromatic rings. The summed E-state index contributed by atoms with van der Waals surface area (Å²) in [5, 5.41) is 4.63. The van der Waals surface area contributed by atoms with Crippen molar-refractivity contribution >= 4 is 0 Å². The Kier molecular flexibility index (Phi) is 2.95. The van der Waals surface area contributed by atoms with E-state index in [4.69, 9.17) is 5.73 Å². The van der Waals surface area contributed by atoms with Gasteiger partial charge in [-0.05, 0) is 32.4 Å². The van der Waals surface area contributed by atoms with Crippen molar-refractivity contribution in [1.29, 1.82) is 0 Å². The Bertz CT molecular complexity index is 613. The van der Waals surface area contributed by atoms with Crippen LogP contribution in [0.5, 0.6) is 0 Å². The lowest BCUT2D eigenvalue weighted by Gasteiger charge is -2.10. The Morgan fingerprint density at radius 2 is 2.11 bits per heavy atom. The number of hydrogen-bond donors (Lipinski definition) is 1. The maximum absolute atomic E-state index is 5.95. The molecule has 4 nitrogen and oxygen atoms in total. The first-order chi connectivity index (χ1) is 9.16. The fourth-order valence-electron chi connectivity index (χ4n) is 2.83. The number of hydrogen-bond acceptors (Lipinski definition) is 3. The topological polar surface area (TPSA) is 56.7 Å². The molecule has 1 aliphatic rings. The fraction of sp³-hybridized carbons (Fsp3) is 0.333. The van der Waals surface area contributed by atoms with Gasteiger partial charge >= 0.3 is 0 Å². The first-order valence-corrected chi connectivity index (χ1v) is 6.58. The largest absolute Gasteiger partial charge is 0.324 e.